The van der Waals surface area contributed by atoms with Crippen LogP contribution < -0.4 is 0 Å². The van der Waals surface area contributed by atoms with E-state index < -0.39 is 6.85 Å². The Bertz CT molecular complexity index is 746. The zero-order valence-corrected chi connectivity index (χ0v) is 16.1. The van der Waals surface area contributed by atoms with Crippen molar-refractivity contribution in [3.8, 4) is 11.5 Å². The highest BCUT2D eigenvalue weighted by Crippen LogP contribution is 2.49. The Balaban J connectivity index is 2.61. The molecule has 0 amide bonds. The molecule has 0 bridgehead atoms. The summed E-state index contributed by atoms with van der Waals surface area (Å²) in [5.41, 5.74) is 4.36. The Morgan fingerprint density at radius 1 is 1.24 bits per heavy atom. The number of hydrogen-bond acceptors (Lipinski definition) is 2. The minimum absolute atomic E-state index is 0.00681. The van der Waals surface area contributed by atoms with Crippen molar-refractivity contribution in [2.45, 2.75) is 79.0 Å². The monoisotopic (exact) mass is 345 g/mol. The van der Waals surface area contributed by atoms with E-state index in [1.165, 1.54) is 0 Å². The standard InChI is InChI=1S/C23H34O2/c1-7-8-9-10-19-16(5)22(24)21(23(25)17(19)6)20-13-15(4)11-12-18(20)14(2)3/h13,18,20,24-25H,2,7-12H2,1,3-6H3/t18-,20+/m1/s1/i4D3. The first-order chi connectivity index (χ1) is 13.0. The van der Waals surface area contributed by atoms with Gasteiger partial charge < -0.3 is 10.2 Å². The number of hydrogen-bond donors (Lipinski definition) is 2. The van der Waals surface area contributed by atoms with Gasteiger partial charge in [0.25, 0.3) is 0 Å². The van der Waals surface area contributed by atoms with Crippen LogP contribution in [-0.2, 0) is 6.42 Å². The van der Waals surface area contributed by atoms with Crippen LogP contribution in [0.5, 0.6) is 11.5 Å². The zero-order chi connectivity index (χ0) is 21.2. The van der Waals surface area contributed by atoms with Gasteiger partial charge in [-0.1, -0.05) is 43.6 Å². The Hall–Kier alpha value is -1.70. The van der Waals surface area contributed by atoms with Crippen LogP contribution in [-0.4, -0.2) is 10.2 Å². The lowest BCUT2D eigenvalue weighted by Gasteiger charge is -2.32. The lowest BCUT2D eigenvalue weighted by molar-refractivity contribution is 0.401. The van der Waals surface area contributed by atoms with Crippen LogP contribution in [0.25, 0.3) is 0 Å². The summed E-state index contributed by atoms with van der Waals surface area (Å²) in [6.07, 6.45) is 6.92. The predicted octanol–water partition coefficient (Wildman–Crippen LogP) is 6.46. The van der Waals surface area contributed by atoms with E-state index in [0.717, 1.165) is 47.9 Å². The molecule has 1 aliphatic rings. The van der Waals surface area contributed by atoms with Gasteiger partial charge in [0.15, 0.2) is 0 Å². The normalized spacial score (nSPS) is 22.7. The van der Waals surface area contributed by atoms with Gasteiger partial charge in [-0.15, -0.1) is 0 Å². The Kier molecular flexibility index (Phi) is 5.05. The second-order valence-corrected chi connectivity index (χ2v) is 7.51. The van der Waals surface area contributed by atoms with E-state index in [4.69, 9.17) is 4.11 Å². The summed E-state index contributed by atoms with van der Waals surface area (Å²) in [4.78, 5) is 0. The molecule has 2 N–H and O–H groups in total. The molecule has 0 heterocycles. The first-order valence-corrected chi connectivity index (χ1v) is 9.41. The largest absolute Gasteiger partial charge is 0.507 e. The van der Waals surface area contributed by atoms with Gasteiger partial charge in [-0.25, -0.2) is 0 Å². The highest BCUT2D eigenvalue weighted by atomic mass is 16.3. The molecule has 2 atom stereocenters. The van der Waals surface area contributed by atoms with Gasteiger partial charge in [0.05, 0.1) is 0 Å². The van der Waals surface area contributed by atoms with Gasteiger partial charge in [0.1, 0.15) is 11.5 Å². The first-order valence-electron chi connectivity index (χ1n) is 10.9. The highest BCUT2D eigenvalue weighted by molar-refractivity contribution is 5.60. The zero-order valence-electron chi connectivity index (χ0n) is 19.1. The number of phenols is 2. The molecule has 2 rings (SSSR count). The summed E-state index contributed by atoms with van der Waals surface area (Å²) >= 11 is 0. The van der Waals surface area contributed by atoms with E-state index in [0.29, 0.717) is 24.0 Å². The topological polar surface area (TPSA) is 40.5 Å². The van der Waals surface area contributed by atoms with Crippen molar-refractivity contribution in [2.75, 3.05) is 0 Å². The predicted molar refractivity (Wildman–Crippen MR) is 107 cm³/mol. The molecule has 1 aliphatic carbocycles. The average molecular weight is 346 g/mol. The SMILES string of the molecule is [2H]C([2H])([2H])C1=C[C@H](c2c(O)c(C)c(CCCCC)c(C)c2O)[C@@H](C(=C)C)CC1. The molecule has 0 radical (unpaired) electrons. The average Bonchev–Trinajstić information content (AvgIpc) is 2.62. The van der Waals surface area contributed by atoms with E-state index in [2.05, 4.69) is 13.5 Å². The number of phenolic OH excluding ortho intramolecular Hbond substituents is 2. The molecular weight excluding hydrogens is 308 g/mol. The third-order valence-corrected chi connectivity index (χ3v) is 5.66. The summed E-state index contributed by atoms with van der Waals surface area (Å²) in [6, 6.07) is 0. The molecule has 1 aromatic carbocycles. The molecule has 0 aromatic heterocycles. The molecule has 0 saturated heterocycles. The third-order valence-electron chi connectivity index (χ3n) is 5.66. The van der Waals surface area contributed by atoms with Crippen LogP contribution >= 0.6 is 0 Å². The second-order valence-electron chi connectivity index (χ2n) is 7.51. The second kappa shape index (κ2) is 8.12. The number of unbranched alkanes of at least 4 members (excludes halogenated alkanes) is 2. The number of allylic oxidation sites excluding steroid dienone is 3. The van der Waals surface area contributed by atoms with Crippen molar-refractivity contribution < 1.29 is 14.3 Å². The summed E-state index contributed by atoms with van der Waals surface area (Å²) in [5, 5.41) is 22.0. The minimum Gasteiger partial charge on any atom is -0.507 e. The molecule has 138 valence electrons. The Labute approximate surface area is 157 Å². The maximum atomic E-state index is 11.0. The van der Waals surface area contributed by atoms with Crippen LogP contribution in [0.2, 0.25) is 0 Å². The van der Waals surface area contributed by atoms with Crippen molar-refractivity contribution >= 4 is 0 Å². The fourth-order valence-corrected chi connectivity index (χ4v) is 4.07. The fraction of sp³-hybridized carbons (Fsp3) is 0.565. The lowest BCUT2D eigenvalue weighted by atomic mass is 9.72. The molecular formula is C23H34O2. The van der Waals surface area contributed by atoms with Crippen molar-refractivity contribution in [3.63, 3.8) is 0 Å². The number of rotatable bonds is 6. The van der Waals surface area contributed by atoms with E-state index in [1.54, 1.807) is 6.08 Å². The van der Waals surface area contributed by atoms with E-state index in [1.807, 2.05) is 20.8 Å². The van der Waals surface area contributed by atoms with Crippen LogP contribution in [0.15, 0.2) is 23.8 Å². The minimum atomic E-state index is -2.16. The van der Waals surface area contributed by atoms with Crippen LogP contribution in [0, 0.1) is 19.8 Å². The van der Waals surface area contributed by atoms with Gasteiger partial charge in [-0.3, -0.25) is 0 Å². The Morgan fingerprint density at radius 3 is 2.40 bits per heavy atom. The molecule has 0 spiro atoms. The Morgan fingerprint density at radius 2 is 1.88 bits per heavy atom. The highest BCUT2D eigenvalue weighted by Gasteiger charge is 2.32. The van der Waals surface area contributed by atoms with Gasteiger partial charge in [0, 0.05) is 15.6 Å². The van der Waals surface area contributed by atoms with Crippen LogP contribution in [0.1, 0.15) is 85.1 Å². The molecule has 0 saturated carbocycles. The van der Waals surface area contributed by atoms with Gasteiger partial charge >= 0.3 is 0 Å². The summed E-state index contributed by atoms with van der Waals surface area (Å²) in [5.74, 6) is -0.209. The van der Waals surface area contributed by atoms with E-state index in [9.17, 15) is 10.2 Å². The number of aromatic hydroxyl groups is 2. The first kappa shape index (κ1) is 15.5. The van der Waals surface area contributed by atoms with Gasteiger partial charge in [-0.2, -0.15) is 0 Å². The maximum absolute atomic E-state index is 11.0. The molecule has 0 fully saturated rings. The maximum Gasteiger partial charge on any atom is 0.126 e. The summed E-state index contributed by atoms with van der Waals surface area (Å²) < 4.78 is 23.4. The van der Waals surface area contributed by atoms with Gasteiger partial charge in [-0.05, 0) is 75.9 Å². The smallest absolute Gasteiger partial charge is 0.126 e. The quantitative estimate of drug-likeness (QED) is 0.458. The van der Waals surface area contributed by atoms with E-state index in [-0.39, 0.29) is 23.3 Å². The van der Waals surface area contributed by atoms with Crippen LogP contribution in [0.4, 0.5) is 0 Å². The van der Waals surface area contributed by atoms with Crippen molar-refractivity contribution in [2.24, 2.45) is 5.92 Å². The fourth-order valence-electron chi connectivity index (χ4n) is 4.07. The number of benzene rings is 1. The van der Waals surface area contributed by atoms with Crippen molar-refractivity contribution in [3.05, 3.63) is 46.1 Å². The molecule has 0 unspecified atom stereocenters. The summed E-state index contributed by atoms with van der Waals surface area (Å²) in [6.45, 7) is 9.77. The molecule has 25 heavy (non-hydrogen) atoms. The summed E-state index contributed by atoms with van der Waals surface area (Å²) in [7, 11) is 0. The molecule has 2 nitrogen and oxygen atoms in total. The molecule has 1 aromatic rings. The third kappa shape index (κ3) is 3.94. The van der Waals surface area contributed by atoms with Crippen LogP contribution in [0.3, 0.4) is 0 Å². The molecule has 2 heteroatoms. The van der Waals surface area contributed by atoms with Crippen molar-refractivity contribution in [1.29, 1.82) is 0 Å². The van der Waals surface area contributed by atoms with Crippen molar-refractivity contribution in [1.82, 2.24) is 0 Å². The van der Waals surface area contributed by atoms with Gasteiger partial charge in [0.2, 0.25) is 0 Å². The van der Waals surface area contributed by atoms with E-state index >= 15 is 0 Å². The lowest BCUT2D eigenvalue weighted by Crippen LogP contribution is -2.18. The molecule has 0 aliphatic heterocycles.